The molecule has 0 saturated heterocycles. The minimum Gasteiger partial charge on any atom is -0.470 e. The lowest BCUT2D eigenvalue weighted by molar-refractivity contribution is 0.0560. The summed E-state index contributed by atoms with van der Waals surface area (Å²) in [6.45, 7) is 9.46. The van der Waals surface area contributed by atoms with Gasteiger partial charge in [0.15, 0.2) is 6.61 Å². The molecule has 228 valence electrons. The molecule has 0 saturated carbocycles. The molecule has 2 aliphatic heterocycles. The van der Waals surface area contributed by atoms with Gasteiger partial charge < -0.3 is 14.8 Å². The highest BCUT2D eigenvalue weighted by atomic mass is 32.2. The Morgan fingerprint density at radius 3 is 2.48 bits per heavy atom. The number of nitrogens with one attached hydrogen (secondary N) is 2. The fourth-order valence-corrected chi connectivity index (χ4v) is 8.09. The van der Waals surface area contributed by atoms with E-state index in [1.165, 1.54) is 12.1 Å². The Hall–Kier alpha value is -3.75. The quantitative estimate of drug-likeness (QED) is 0.483. The number of carbonyl (C=O) groups is 2. The molecule has 2 N–H and O–H groups in total. The van der Waals surface area contributed by atoms with Crippen LogP contribution < -0.4 is 15.4 Å². The molecule has 2 aliphatic rings. The van der Waals surface area contributed by atoms with Crippen LogP contribution in [0.15, 0.2) is 39.9 Å². The number of aliphatic imine (C=N–C) groups is 1. The molecule has 11 nitrogen and oxygen atoms in total. The summed E-state index contributed by atoms with van der Waals surface area (Å²) in [5, 5.41) is 4.53. The van der Waals surface area contributed by atoms with Crippen molar-refractivity contribution < 1.29 is 36.4 Å². The molecule has 0 bridgehead atoms. The molecule has 42 heavy (non-hydrogen) atoms. The van der Waals surface area contributed by atoms with Crippen LogP contribution in [0.25, 0.3) is 0 Å². The maximum Gasteiger partial charge on any atom is 0.413 e. The van der Waals surface area contributed by atoms with E-state index in [-0.39, 0.29) is 35.2 Å². The second-order valence-electron chi connectivity index (χ2n) is 11.5. The first-order valence-electron chi connectivity index (χ1n) is 13.1. The number of hydrogen-bond acceptors (Lipinski definition) is 9. The lowest BCUT2D eigenvalue weighted by Crippen LogP contribution is -2.60. The lowest BCUT2D eigenvalue weighted by atomic mass is 9.85. The Morgan fingerprint density at radius 2 is 1.86 bits per heavy atom. The molecule has 4 rings (SSSR count). The third-order valence-electron chi connectivity index (χ3n) is 6.94. The molecule has 15 heteroatoms. The number of benzene rings is 1. The van der Waals surface area contributed by atoms with Crippen molar-refractivity contribution in [2.45, 2.75) is 75.5 Å². The van der Waals surface area contributed by atoms with Crippen molar-refractivity contribution in [1.82, 2.24) is 15.3 Å². The zero-order valence-corrected chi connectivity index (χ0v) is 24.9. The maximum atomic E-state index is 15.5. The number of rotatable bonds is 6. The SMILES string of the molecule is CC(C)(C)OC(=O)NC1=N[C@](C)(c2cc(NC(=O)c3cnc(OCC(F)F)cn3)ccc2F)[C@@H]2CCN=[S@]2(=O)C1(C)C. The summed E-state index contributed by atoms with van der Waals surface area (Å²) in [6.07, 6.45) is -1.04. The van der Waals surface area contributed by atoms with Crippen LogP contribution in [0.4, 0.5) is 23.7 Å². The van der Waals surface area contributed by atoms with Crippen molar-refractivity contribution in [2.24, 2.45) is 9.36 Å². The molecule has 3 atom stereocenters. The van der Waals surface area contributed by atoms with Gasteiger partial charge in [0, 0.05) is 17.8 Å². The maximum absolute atomic E-state index is 15.5. The van der Waals surface area contributed by atoms with E-state index in [4.69, 9.17) is 14.5 Å². The molecule has 1 aromatic carbocycles. The molecule has 0 aliphatic carbocycles. The molecular formula is C27H33F3N6O5S. The number of amides is 2. The zero-order valence-electron chi connectivity index (χ0n) is 24.0. The Labute approximate surface area is 241 Å². The predicted octanol–water partition coefficient (Wildman–Crippen LogP) is 4.68. The van der Waals surface area contributed by atoms with Gasteiger partial charge in [-0.25, -0.2) is 36.5 Å². The van der Waals surface area contributed by atoms with Gasteiger partial charge >= 0.3 is 6.09 Å². The summed E-state index contributed by atoms with van der Waals surface area (Å²) < 4.78 is 68.1. The molecule has 2 amide bonds. The highest BCUT2D eigenvalue weighted by Crippen LogP contribution is 2.48. The van der Waals surface area contributed by atoms with Crippen molar-refractivity contribution in [3.05, 3.63) is 47.7 Å². The van der Waals surface area contributed by atoms with Crippen LogP contribution in [0.3, 0.4) is 0 Å². The standard InChI is InChI=1S/C27H33F3N6O5S/c1-25(2,3)41-24(38)35-23-26(4,5)42(39)19(9-10-33-42)27(6,36-23)16-11-15(7-8-17(16)28)34-22(37)18-12-32-21(13-31-18)40-14-20(29)30/h7-8,11-13,19-20H,9-10,14H2,1-6H3,(H,34,37)(H,35,36,38)/t19-,27+,42+/m0/s1. The van der Waals surface area contributed by atoms with Gasteiger partial charge in [0.05, 0.1) is 27.4 Å². The Kier molecular flexibility index (Phi) is 8.28. The molecular weight excluding hydrogens is 577 g/mol. The van der Waals surface area contributed by atoms with Crippen LogP contribution in [0.1, 0.15) is 64.0 Å². The molecule has 0 fully saturated rings. The Bertz CT molecular complexity index is 1530. The number of nitrogens with zero attached hydrogens (tertiary/aromatic N) is 4. The van der Waals surface area contributed by atoms with Crippen LogP contribution in [-0.2, 0) is 20.0 Å². The highest BCUT2D eigenvalue weighted by Gasteiger charge is 2.57. The van der Waals surface area contributed by atoms with Crippen molar-refractivity contribution in [3.8, 4) is 5.88 Å². The lowest BCUT2D eigenvalue weighted by Gasteiger charge is -2.45. The number of amidine groups is 1. The van der Waals surface area contributed by atoms with Crippen LogP contribution >= 0.6 is 0 Å². The highest BCUT2D eigenvalue weighted by molar-refractivity contribution is 7.96. The number of halogens is 3. The summed E-state index contributed by atoms with van der Waals surface area (Å²) in [5.74, 6) is -1.50. The van der Waals surface area contributed by atoms with Crippen LogP contribution in [0.2, 0.25) is 0 Å². The first-order valence-corrected chi connectivity index (χ1v) is 14.7. The number of anilines is 1. The second-order valence-corrected chi connectivity index (χ2v) is 14.5. The van der Waals surface area contributed by atoms with Gasteiger partial charge in [-0.3, -0.25) is 15.1 Å². The van der Waals surface area contributed by atoms with E-state index in [1.54, 1.807) is 41.5 Å². The van der Waals surface area contributed by atoms with E-state index >= 15 is 4.39 Å². The summed E-state index contributed by atoms with van der Waals surface area (Å²) in [7, 11) is -3.09. The first kappa shape index (κ1) is 31.2. The van der Waals surface area contributed by atoms with E-state index in [0.717, 1.165) is 18.5 Å². The first-order chi connectivity index (χ1) is 19.5. The topological polar surface area (TPSA) is 144 Å². The molecule has 2 aromatic rings. The summed E-state index contributed by atoms with van der Waals surface area (Å²) in [5.41, 5.74) is -2.17. The average molecular weight is 611 g/mol. The van der Waals surface area contributed by atoms with Gasteiger partial charge in [0.1, 0.15) is 33.2 Å². The van der Waals surface area contributed by atoms with Gasteiger partial charge in [-0.15, -0.1) is 0 Å². The predicted molar refractivity (Wildman–Crippen MR) is 150 cm³/mol. The summed E-state index contributed by atoms with van der Waals surface area (Å²) in [4.78, 5) is 38.0. The second kappa shape index (κ2) is 11.2. The molecule has 1 aromatic heterocycles. The number of hydrogen-bond donors (Lipinski definition) is 2. The Morgan fingerprint density at radius 1 is 1.14 bits per heavy atom. The van der Waals surface area contributed by atoms with Gasteiger partial charge in [0.2, 0.25) is 5.88 Å². The minimum absolute atomic E-state index is 0.0379. The number of alkyl halides is 2. The summed E-state index contributed by atoms with van der Waals surface area (Å²) in [6, 6.07) is 3.86. The molecule has 0 spiro atoms. The number of ether oxygens (including phenoxy) is 2. The third-order valence-corrected chi connectivity index (χ3v) is 10.6. The van der Waals surface area contributed by atoms with E-state index in [1.807, 2.05) is 0 Å². The zero-order chi connectivity index (χ0) is 31.1. The monoisotopic (exact) mass is 610 g/mol. The van der Waals surface area contributed by atoms with Gasteiger partial charge in [-0.1, -0.05) is 0 Å². The van der Waals surface area contributed by atoms with Gasteiger partial charge in [-0.05, 0) is 66.2 Å². The number of aromatic nitrogens is 2. The van der Waals surface area contributed by atoms with Crippen molar-refractivity contribution in [2.75, 3.05) is 18.5 Å². The van der Waals surface area contributed by atoms with Gasteiger partial charge in [-0.2, -0.15) is 0 Å². The number of carbonyl (C=O) groups excluding carboxylic acids is 2. The average Bonchev–Trinajstić information content (AvgIpc) is 3.31. The minimum atomic E-state index is -3.09. The number of fused-ring (bicyclic) bond motifs is 1. The number of alkyl carbamates (subject to hydrolysis) is 1. The third kappa shape index (κ3) is 6.05. The van der Waals surface area contributed by atoms with Crippen molar-refractivity contribution >= 4 is 33.3 Å². The normalized spacial score (nSPS) is 24.7. The van der Waals surface area contributed by atoms with E-state index in [0.29, 0.717) is 6.42 Å². The van der Waals surface area contributed by atoms with Crippen molar-refractivity contribution in [1.29, 1.82) is 0 Å². The van der Waals surface area contributed by atoms with Crippen LogP contribution in [-0.4, -0.2) is 67.2 Å². The molecule has 3 heterocycles. The van der Waals surface area contributed by atoms with Gasteiger partial charge in [0.25, 0.3) is 12.3 Å². The van der Waals surface area contributed by atoms with E-state index in [9.17, 15) is 22.6 Å². The summed E-state index contributed by atoms with van der Waals surface area (Å²) >= 11 is 0. The van der Waals surface area contributed by atoms with Crippen molar-refractivity contribution in [3.63, 3.8) is 0 Å². The largest absolute Gasteiger partial charge is 0.470 e. The van der Waals surface area contributed by atoms with E-state index in [2.05, 4.69) is 25.0 Å². The van der Waals surface area contributed by atoms with Crippen LogP contribution in [0, 0.1) is 5.82 Å². The Balaban J connectivity index is 1.68. The van der Waals surface area contributed by atoms with Crippen LogP contribution in [0.5, 0.6) is 5.88 Å². The smallest absolute Gasteiger partial charge is 0.413 e. The molecule has 0 unspecified atom stereocenters. The molecule has 0 radical (unpaired) electrons. The fourth-order valence-electron chi connectivity index (χ4n) is 4.90. The fraction of sp³-hybridized carbons (Fsp3) is 0.519. The van der Waals surface area contributed by atoms with E-state index < -0.39 is 61.7 Å².